The molecule has 0 aliphatic carbocycles. The lowest BCUT2D eigenvalue weighted by atomic mass is 10.3. The van der Waals surface area contributed by atoms with E-state index in [0.717, 1.165) is 0 Å². The smallest absolute Gasteiger partial charge is 0.185 e. The van der Waals surface area contributed by atoms with Gasteiger partial charge < -0.3 is 5.11 Å². The van der Waals surface area contributed by atoms with Crippen LogP contribution >= 0.6 is 23.2 Å². The second-order valence-corrected chi connectivity index (χ2v) is 2.53. The van der Waals surface area contributed by atoms with Gasteiger partial charge in [-0.15, -0.1) is 0 Å². The lowest BCUT2D eigenvalue weighted by Gasteiger charge is -1.97. The van der Waals surface area contributed by atoms with Crippen molar-refractivity contribution in [3.63, 3.8) is 0 Å². The number of hydrogen-bond acceptors (Lipinski definition) is 3. The third-order valence-corrected chi connectivity index (χ3v) is 1.50. The highest BCUT2D eigenvalue weighted by atomic mass is 35.5. The SMILES string of the molecule is N#Cc1nc(Cl)cc(Cl)c1O. The van der Waals surface area contributed by atoms with Crippen LogP contribution in [0.2, 0.25) is 10.2 Å². The summed E-state index contributed by atoms with van der Waals surface area (Å²) in [7, 11) is 0. The maximum absolute atomic E-state index is 9.05. The number of halogens is 2. The molecular weight excluding hydrogens is 187 g/mol. The third-order valence-electron chi connectivity index (χ3n) is 1.02. The molecule has 1 N–H and O–H groups in total. The van der Waals surface area contributed by atoms with Gasteiger partial charge in [0.15, 0.2) is 11.4 Å². The Labute approximate surface area is 72.8 Å². The Morgan fingerprint density at radius 3 is 2.73 bits per heavy atom. The van der Waals surface area contributed by atoms with Crippen molar-refractivity contribution in [3.8, 4) is 11.8 Å². The zero-order valence-corrected chi connectivity index (χ0v) is 6.69. The molecular formula is C6H2Cl2N2O. The van der Waals surface area contributed by atoms with Gasteiger partial charge in [0.25, 0.3) is 0 Å². The van der Waals surface area contributed by atoms with Gasteiger partial charge in [-0.1, -0.05) is 23.2 Å². The van der Waals surface area contributed by atoms with Gasteiger partial charge in [0, 0.05) is 0 Å². The summed E-state index contributed by atoms with van der Waals surface area (Å²) in [5, 5.41) is 17.5. The Balaban J connectivity index is 3.39. The van der Waals surface area contributed by atoms with Gasteiger partial charge in [0.05, 0.1) is 5.02 Å². The fraction of sp³-hybridized carbons (Fsp3) is 0. The minimum absolute atomic E-state index is 0.0292. The quantitative estimate of drug-likeness (QED) is 0.634. The van der Waals surface area contributed by atoms with Crippen LogP contribution in [0.4, 0.5) is 0 Å². The zero-order chi connectivity index (χ0) is 8.43. The second-order valence-electron chi connectivity index (χ2n) is 1.74. The lowest BCUT2D eigenvalue weighted by molar-refractivity contribution is 0.471. The number of aromatic hydroxyl groups is 1. The maximum atomic E-state index is 9.05. The van der Waals surface area contributed by atoms with E-state index in [0.29, 0.717) is 0 Å². The van der Waals surface area contributed by atoms with Crippen LogP contribution < -0.4 is 0 Å². The van der Waals surface area contributed by atoms with Crippen molar-refractivity contribution in [3.05, 3.63) is 21.9 Å². The average molecular weight is 189 g/mol. The molecule has 0 aliphatic rings. The van der Waals surface area contributed by atoms with E-state index in [2.05, 4.69) is 4.98 Å². The first-order chi connectivity index (χ1) is 5.15. The Hall–Kier alpha value is -0.980. The molecule has 0 aromatic carbocycles. The summed E-state index contributed by atoms with van der Waals surface area (Å²) in [6.07, 6.45) is 0. The van der Waals surface area contributed by atoms with Crippen molar-refractivity contribution in [1.82, 2.24) is 4.98 Å². The number of pyridine rings is 1. The summed E-state index contributed by atoms with van der Waals surface area (Å²) in [5.41, 5.74) is -0.164. The van der Waals surface area contributed by atoms with Crippen molar-refractivity contribution >= 4 is 23.2 Å². The van der Waals surface area contributed by atoms with Crippen LogP contribution in [0, 0.1) is 11.3 Å². The average Bonchev–Trinajstić information content (AvgIpc) is 1.96. The first-order valence-electron chi connectivity index (χ1n) is 2.60. The van der Waals surface area contributed by atoms with Gasteiger partial charge in [-0.3, -0.25) is 0 Å². The highest BCUT2D eigenvalue weighted by molar-refractivity contribution is 6.35. The van der Waals surface area contributed by atoms with Gasteiger partial charge >= 0.3 is 0 Å². The fourth-order valence-corrected chi connectivity index (χ4v) is 0.998. The van der Waals surface area contributed by atoms with Gasteiger partial charge in [-0.2, -0.15) is 5.26 Å². The molecule has 0 bridgehead atoms. The van der Waals surface area contributed by atoms with Gasteiger partial charge in [-0.05, 0) is 6.07 Å². The maximum Gasteiger partial charge on any atom is 0.185 e. The minimum atomic E-state index is -0.335. The number of rotatable bonds is 0. The van der Waals surface area contributed by atoms with Crippen molar-refractivity contribution in [2.24, 2.45) is 0 Å². The molecule has 0 fully saturated rings. The van der Waals surface area contributed by atoms with Crippen LogP contribution in [-0.2, 0) is 0 Å². The van der Waals surface area contributed by atoms with Crippen molar-refractivity contribution in [2.75, 3.05) is 0 Å². The molecule has 5 heteroatoms. The largest absolute Gasteiger partial charge is 0.504 e. The van der Waals surface area contributed by atoms with E-state index in [1.807, 2.05) is 0 Å². The monoisotopic (exact) mass is 188 g/mol. The predicted molar refractivity (Wildman–Crippen MR) is 40.6 cm³/mol. The molecule has 56 valence electrons. The molecule has 0 saturated carbocycles. The van der Waals surface area contributed by atoms with Crippen molar-refractivity contribution in [1.29, 1.82) is 5.26 Å². The van der Waals surface area contributed by atoms with E-state index in [4.69, 9.17) is 33.6 Å². The number of nitriles is 1. The molecule has 0 radical (unpaired) electrons. The zero-order valence-electron chi connectivity index (χ0n) is 5.17. The molecule has 1 aromatic rings. The minimum Gasteiger partial charge on any atom is -0.504 e. The number of nitrogens with zero attached hydrogens (tertiary/aromatic N) is 2. The Kier molecular flexibility index (Phi) is 2.18. The summed E-state index contributed by atoms with van der Waals surface area (Å²) >= 11 is 10.9. The predicted octanol–water partition coefficient (Wildman–Crippen LogP) is 1.97. The van der Waals surface area contributed by atoms with Crippen LogP contribution in [0.5, 0.6) is 5.75 Å². The summed E-state index contributed by atoms with van der Waals surface area (Å²) in [6.45, 7) is 0. The van der Waals surface area contributed by atoms with Crippen LogP contribution in [0.1, 0.15) is 5.69 Å². The van der Waals surface area contributed by atoms with Crippen LogP contribution in [0.15, 0.2) is 6.07 Å². The summed E-state index contributed by atoms with van der Waals surface area (Å²) < 4.78 is 0. The molecule has 0 spiro atoms. The summed E-state index contributed by atoms with van der Waals surface area (Å²) in [4.78, 5) is 3.52. The first-order valence-corrected chi connectivity index (χ1v) is 3.36. The number of aromatic nitrogens is 1. The van der Waals surface area contributed by atoms with E-state index in [9.17, 15) is 0 Å². The molecule has 0 unspecified atom stereocenters. The number of hydrogen-bond donors (Lipinski definition) is 1. The molecule has 1 aromatic heterocycles. The van der Waals surface area contributed by atoms with Crippen LogP contribution in [0.3, 0.4) is 0 Å². The fourth-order valence-electron chi connectivity index (χ4n) is 0.556. The molecule has 11 heavy (non-hydrogen) atoms. The Morgan fingerprint density at radius 1 is 1.55 bits per heavy atom. The lowest BCUT2D eigenvalue weighted by Crippen LogP contribution is -1.84. The molecule has 0 atom stereocenters. The summed E-state index contributed by atoms with van der Waals surface area (Å²) in [5.74, 6) is -0.335. The topological polar surface area (TPSA) is 56.9 Å². The normalized spacial score (nSPS) is 9.18. The molecule has 3 nitrogen and oxygen atoms in total. The molecule has 1 rings (SSSR count). The molecule has 0 saturated heterocycles. The standard InChI is InChI=1S/C6H2Cl2N2O/c7-3-1-5(8)10-4(2-9)6(3)11/h1,11H. The second kappa shape index (κ2) is 2.95. The van der Waals surface area contributed by atoms with Crippen molar-refractivity contribution < 1.29 is 5.11 Å². The van der Waals surface area contributed by atoms with Gasteiger partial charge in [0.2, 0.25) is 0 Å². The van der Waals surface area contributed by atoms with E-state index in [1.165, 1.54) is 6.07 Å². The van der Waals surface area contributed by atoms with E-state index in [1.54, 1.807) is 6.07 Å². The molecule has 1 heterocycles. The highest BCUT2D eigenvalue weighted by Crippen LogP contribution is 2.27. The van der Waals surface area contributed by atoms with Crippen molar-refractivity contribution in [2.45, 2.75) is 0 Å². The molecule has 0 amide bonds. The van der Waals surface area contributed by atoms with E-state index >= 15 is 0 Å². The van der Waals surface area contributed by atoms with Crippen LogP contribution in [-0.4, -0.2) is 10.1 Å². The summed E-state index contributed by atoms with van der Waals surface area (Å²) in [6, 6.07) is 2.91. The van der Waals surface area contributed by atoms with Gasteiger partial charge in [0.1, 0.15) is 11.2 Å². The third kappa shape index (κ3) is 1.53. The van der Waals surface area contributed by atoms with E-state index < -0.39 is 0 Å². The van der Waals surface area contributed by atoms with Gasteiger partial charge in [-0.25, -0.2) is 4.98 Å². The van der Waals surface area contributed by atoms with E-state index in [-0.39, 0.29) is 21.6 Å². The Morgan fingerprint density at radius 2 is 2.18 bits per heavy atom. The highest BCUT2D eigenvalue weighted by Gasteiger charge is 2.07. The Bertz CT molecular complexity index is 332. The molecule has 0 aliphatic heterocycles. The van der Waals surface area contributed by atoms with Crippen LogP contribution in [0.25, 0.3) is 0 Å². The first kappa shape index (κ1) is 8.12.